The molecule has 0 saturated heterocycles. The average Bonchev–Trinajstić information content (AvgIpc) is 2.46. The van der Waals surface area contributed by atoms with Gasteiger partial charge >= 0.3 is 0 Å². The SMILES string of the molecule is CCCC(COC)NS(=O)(=O)c1ccc(OC)c(CN)c1. The lowest BCUT2D eigenvalue weighted by Gasteiger charge is -2.18. The first-order chi connectivity index (χ1) is 9.98. The van der Waals surface area contributed by atoms with E-state index in [2.05, 4.69) is 4.72 Å². The van der Waals surface area contributed by atoms with Gasteiger partial charge in [-0.15, -0.1) is 0 Å². The summed E-state index contributed by atoms with van der Waals surface area (Å²) in [6, 6.07) is 4.42. The standard InChI is InChI=1S/C14H24N2O4S/c1-4-5-12(10-19-2)16-21(17,18)13-6-7-14(20-3)11(8-13)9-15/h6-8,12,16H,4-5,9-10,15H2,1-3H3. The minimum atomic E-state index is -3.60. The fourth-order valence-corrected chi connectivity index (χ4v) is 3.40. The smallest absolute Gasteiger partial charge is 0.240 e. The molecule has 0 fully saturated rings. The average molecular weight is 316 g/mol. The number of sulfonamides is 1. The Morgan fingerprint density at radius 1 is 1.33 bits per heavy atom. The largest absolute Gasteiger partial charge is 0.496 e. The summed E-state index contributed by atoms with van der Waals surface area (Å²) in [6.07, 6.45) is 1.58. The maximum Gasteiger partial charge on any atom is 0.240 e. The van der Waals surface area contributed by atoms with Crippen molar-refractivity contribution in [2.45, 2.75) is 37.2 Å². The molecule has 0 bridgehead atoms. The minimum Gasteiger partial charge on any atom is -0.496 e. The van der Waals surface area contributed by atoms with Crippen LogP contribution in [0.5, 0.6) is 5.75 Å². The van der Waals surface area contributed by atoms with E-state index in [4.69, 9.17) is 15.2 Å². The molecule has 0 saturated carbocycles. The van der Waals surface area contributed by atoms with E-state index in [1.165, 1.54) is 19.2 Å². The normalized spacial score (nSPS) is 13.1. The number of hydrogen-bond acceptors (Lipinski definition) is 5. The minimum absolute atomic E-state index is 0.181. The van der Waals surface area contributed by atoms with Crippen molar-refractivity contribution in [1.82, 2.24) is 4.72 Å². The summed E-state index contributed by atoms with van der Waals surface area (Å²) in [5.74, 6) is 0.582. The van der Waals surface area contributed by atoms with Gasteiger partial charge in [-0.2, -0.15) is 0 Å². The predicted molar refractivity (Wildman–Crippen MR) is 81.8 cm³/mol. The number of hydrogen-bond donors (Lipinski definition) is 2. The summed E-state index contributed by atoms with van der Waals surface area (Å²) in [7, 11) is -0.526. The van der Waals surface area contributed by atoms with E-state index in [-0.39, 0.29) is 17.5 Å². The number of methoxy groups -OCH3 is 2. The topological polar surface area (TPSA) is 90.6 Å². The Hall–Kier alpha value is -1.15. The third-order valence-electron chi connectivity index (χ3n) is 3.11. The Kier molecular flexibility index (Phi) is 7.10. The molecule has 6 nitrogen and oxygen atoms in total. The highest BCUT2D eigenvalue weighted by atomic mass is 32.2. The van der Waals surface area contributed by atoms with E-state index in [0.717, 1.165) is 6.42 Å². The highest BCUT2D eigenvalue weighted by Gasteiger charge is 2.20. The van der Waals surface area contributed by atoms with Crippen molar-refractivity contribution in [2.24, 2.45) is 5.73 Å². The monoisotopic (exact) mass is 316 g/mol. The molecule has 1 atom stereocenters. The van der Waals surface area contributed by atoms with Gasteiger partial charge in [-0.1, -0.05) is 13.3 Å². The lowest BCUT2D eigenvalue weighted by Crippen LogP contribution is -2.37. The van der Waals surface area contributed by atoms with Crippen molar-refractivity contribution >= 4 is 10.0 Å². The van der Waals surface area contributed by atoms with Crippen LogP contribution in [0.25, 0.3) is 0 Å². The van der Waals surface area contributed by atoms with E-state index < -0.39 is 10.0 Å². The highest BCUT2D eigenvalue weighted by Crippen LogP contribution is 2.22. The molecule has 1 aromatic carbocycles. The molecule has 0 aromatic heterocycles. The van der Waals surface area contributed by atoms with Crippen LogP contribution < -0.4 is 15.2 Å². The van der Waals surface area contributed by atoms with Crippen molar-refractivity contribution in [3.05, 3.63) is 23.8 Å². The summed E-state index contributed by atoms with van der Waals surface area (Å²) in [5.41, 5.74) is 6.27. The van der Waals surface area contributed by atoms with Gasteiger partial charge in [0.05, 0.1) is 18.6 Å². The van der Waals surface area contributed by atoms with Gasteiger partial charge in [0.25, 0.3) is 0 Å². The van der Waals surface area contributed by atoms with Gasteiger partial charge < -0.3 is 15.2 Å². The quantitative estimate of drug-likeness (QED) is 0.715. The summed E-state index contributed by atoms with van der Waals surface area (Å²) < 4.78 is 37.7. The van der Waals surface area contributed by atoms with Crippen LogP contribution in [-0.2, 0) is 21.3 Å². The molecule has 21 heavy (non-hydrogen) atoms. The van der Waals surface area contributed by atoms with Crippen LogP contribution >= 0.6 is 0 Å². The maximum absolute atomic E-state index is 12.4. The van der Waals surface area contributed by atoms with Crippen LogP contribution in [0.4, 0.5) is 0 Å². The Labute approximate surface area is 126 Å². The van der Waals surface area contributed by atoms with Crippen molar-refractivity contribution in [3.8, 4) is 5.75 Å². The Balaban J connectivity index is 3.01. The van der Waals surface area contributed by atoms with E-state index in [1.807, 2.05) is 6.92 Å². The molecule has 0 radical (unpaired) electrons. The van der Waals surface area contributed by atoms with Crippen molar-refractivity contribution in [1.29, 1.82) is 0 Å². The fourth-order valence-electron chi connectivity index (χ4n) is 2.10. The highest BCUT2D eigenvalue weighted by molar-refractivity contribution is 7.89. The molecule has 0 heterocycles. The van der Waals surface area contributed by atoms with Crippen LogP contribution in [0.2, 0.25) is 0 Å². The second-order valence-corrected chi connectivity index (χ2v) is 6.45. The molecular weight excluding hydrogens is 292 g/mol. The first-order valence-electron chi connectivity index (χ1n) is 6.86. The first-order valence-corrected chi connectivity index (χ1v) is 8.35. The number of nitrogens with one attached hydrogen (secondary N) is 1. The van der Waals surface area contributed by atoms with Gasteiger partial charge in [0.1, 0.15) is 5.75 Å². The number of ether oxygens (including phenoxy) is 2. The summed E-state index contributed by atoms with van der Waals surface area (Å²) in [6.45, 7) is 2.55. The Morgan fingerprint density at radius 3 is 2.57 bits per heavy atom. The molecule has 7 heteroatoms. The first kappa shape index (κ1) is 17.9. The lowest BCUT2D eigenvalue weighted by atomic mass is 10.2. The van der Waals surface area contributed by atoms with Crippen LogP contribution in [0, 0.1) is 0 Å². The predicted octanol–water partition coefficient (Wildman–Crippen LogP) is 1.25. The number of benzene rings is 1. The molecule has 120 valence electrons. The fraction of sp³-hybridized carbons (Fsp3) is 0.571. The van der Waals surface area contributed by atoms with Crippen LogP contribution in [0.15, 0.2) is 23.1 Å². The maximum atomic E-state index is 12.4. The van der Waals surface area contributed by atoms with Crippen molar-refractivity contribution in [2.75, 3.05) is 20.8 Å². The third kappa shape index (κ3) is 4.96. The van der Waals surface area contributed by atoms with Gasteiger partial charge in [-0.3, -0.25) is 0 Å². The van der Waals surface area contributed by atoms with Gasteiger partial charge in [0.15, 0.2) is 0 Å². The van der Waals surface area contributed by atoms with Gasteiger partial charge in [-0.25, -0.2) is 13.1 Å². The van der Waals surface area contributed by atoms with E-state index in [1.54, 1.807) is 13.2 Å². The summed E-state index contributed by atoms with van der Waals surface area (Å²) in [5, 5.41) is 0. The van der Waals surface area contributed by atoms with E-state index >= 15 is 0 Å². The van der Waals surface area contributed by atoms with E-state index in [9.17, 15) is 8.42 Å². The van der Waals surface area contributed by atoms with Crippen LogP contribution in [-0.4, -0.2) is 35.3 Å². The molecular formula is C14H24N2O4S. The van der Waals surface area contributed by atoms with Gasteiger partial charge in [0.2, 0.25) is 10.0 Å². The second-order valence-electron chi connectivity index (χ2n) is 4.74. The zero-order chi connectivity index (χ0) is 15.9. The molecule has 1 aromatic rings. The lowest BCUT2D eigenvalue weighted by molar-refractivity contribution is 0.171. The molecule has 0 aliphatic carbocycles. The summed E-state index contributed by atoms with van der Waals surface area (Å²) in [4.78, 5) is 0.181. The molecule has 1 unspecified atom stereocenters. The molecule has 0 aliphatic rings. The molecule has 1 rings (SSSR count). The van der Waals surface area contributed by atoms with Crippen molar-refractivity contribution in [3.63, 3.8) is 0 Å². The molecule has 0 amide bonds. The number of nitrogens with two attached hydrogens (primary N) is 1. The summed E-state index contributed by atoms with van der Waals surface area (Å²) >= 11 is 0. The Morgan fingerprint density at radius 2 is 2.05 bits per heavy atom. The molecule has 0 spiro atoms. The second kappa shape index (κ2) is 8.33. The Bertz CT molecular complexity index is 540. The molecule has 3 N–H and O–H groups in total. The van der Waals surface area contributed by atoms with Gasteiger partial charge in [-0.05, 0) is 24.6 Å². The number of rotatable bonds is 9. The van der Waals surface area contributed by atoms with Crippen LogP contribution in [0.1, 0.15) is 25.3 Å². The van der Waals surface area contributed by atoms with E-state index in [0.29, 0.717) is 24.3 Å². The van der Waals surface area contributed by atoms with Gasteiger partial charge in [0, 0.05) is 25.3 Å². The van der Waals surface area contributed by atoms with Crippen LogP contribution in [0.3, 0.4) is 0 Å². The zero-order valence-electron chi connectivity index (χ0n) is 12.8. The van der Waals surface area contributed by atoms with Crippen molar-refractivity contribution < 1.29 is 17.9 Å². The third-order valence-corrected chi connectivity index (χ3v) is 4.63. The zero-order valence-corrected chi connectivity index (χ0v) is 13.6. The molecule has 0 aliphatic heterocycles.